The van der Waals surface area contributed by atoms with Crippen molar-refractivity contribution >= 4 is 11.9 Å². The highest BCUT2D eigenvalue weighted by Gasteiger charge is 2.69. The number of carbonyl (C=O) groups excluding carboxylic acids is 2. The summed E-state index contributed by atoms with van der Waals surface area (Å²) in [5.41, 5.74) is -0.270. The van der Waals surface area contributed by atoms with Crippen molar-refractivity contribution in [2.45, 2.75) is 83.3 Å². The number of methoxy groups -OCH3 is 1. The summed E-state index contributed by atoms with van der Waals surface area (Å²) in [5, 5.41) is 32.8. The van der Waals surface area contributed by atoms with Crippen LogP contribution in [0.15, 0.2) is 48.3 Å². The van der Waals surface area contributed by atoms with Gasteiger partial charge in [0.25, 0.3) is 0 Å². The molecule has 4 aliphatic rings. The molecule has 11 heteroatoms. The quantitative estimate of drug-likeness (QED) is 0.267. The summed E-state index contributed by atoms with van der Waals surface area (Å²) < 4.78 is 30.3. The van der Waals surface area contributed by atoms with Crippen LogP contribution in [0.25, 0.3) is 0 Å². The molecule has 2 unspecified atom stereocenters. The number of hydrogen-bond acceptors (Lipinski definition) is 10. The zero-order chi connectivity index (χ0) is 30.7. The van der Waals surface area contributed by atoms with E-state index in [2.05, 4.69) is 12.7 Å². The highest BCUT2D eigenvalue weighted by atomic mass is 16.6. The first-order valence-corrected chi connectivity index (χ1v) is 14.4. The fourth-order valence-electron chi connectivity index (χ4n) is 7.58. The molecule has 2 aliphatic heterocycles. The average Bonchev–Trinajstić information content (AvgIpc) is 3.37. The van der Waals surface area contributed by atoms with Crippen molar-refractivity contribution < 1.29 is 48.7 Å². The average molecular weight is 588 g/mol. The van der Waals surface area contributed by atoms with Gasteiger partial charge in [-0.1, -0.05) is 38.7 Å². The van der Waals surface area contributed by atoms with E-state index < -0.39 is 60.1 Å². The lowest BCUT2D eigenvalue weighted by atomic mass is 9.57. The summed E-state index contributed by atoms with van der Waals surface area (Å²) in [6, 6.07) is 2.59. The lowest BCUT2D eigenvalue weighted by Gasteiger charge is -2.49. The first-order chi connectivity index (χ1) is 19.8. The molecule has 2 fully saturated rings. The normalized spacial score (nSPS) is 41.1. The van der Waals surface area contributed by atoms with Crippen LogP contribution in [0.5, 0.6) is 5.88 Å². The minimum Gasteiger partial charge on any atom is -0.489 e. The molecule has 0 amide bonds. The summed E-state index contributed by atoms with van der Waals surface area (Å²) in [5.74, 6) is -2.84. The van der Waals surface area contributed by atoms with Gasteiger partial charge >= 0.3 is 11.9 Å². The Bertz CT molecular complexity index is 1300. The molecule has 4 bridgehead atoms. The van der Waals surface area contributed by atoms with E-state index in [4.69, 9.17) is 23.7 Å². The lowest BCUT2D eigenvalue weighted by molar-refractivity contribution is -0.133. The number of hydrogen-bond donors (Lipinski definition) is 3. The molecule has 12 atom stereocenters. The third kappa shape index (κ3) is 4.76. The van der Waals surface area contributed by atoms with Gasteiger partial charge in [0.05, 0.1) is 12.2 Å². The van der Waals surface area contributed by atoms with Crippen LogP contribution in [0.2, 0.25) is 0 Å². The Morgan fingerprint density at radius 1 is 1.24 bits per heavy atom. The van der Waals surface area contributed by atoms with Gasteiger partial charge in [0, 0.05) is 49.7 Å². The Morgan fingerprint density at radius 3 is 2.60 bits per heavy atom. The van der Waals surface area contributed by atoms with Gasteiger partial charge in [-0.15, -0.1) is 4.73 Å². The Kier molecular flexibility index (Phi) is 8.08. The standard InChI is InChI=1S/C31H41NO10/c1-14-12-15(2)31-20(13-23(38-7)18(5)39-27(14)17(4)33)8-9-21-25(31)26(35)16(3)28(29(21)42-31)41-30(36)22-10-11-24(32(22)37)40-19(6)34/h8-12,14,16-17,20-21,23,25-29,33,35,37H,5,13H2,1-4,6-7H3/b15-12+/t14-,16-,17-,20-,21?,23+,25?,26-,27+,28-,29-,31+/m1/s1. The molecule has 0 radical (unpaired) electrons. The van der Waals surface area contributed by atoms with Gasteiger partial charge in [0.1, 0.15) is 35.8 Å². The molecular formula is C31H41NO10. The molecule has 2 aliphatic carbocycles. The second-order valence-corrected chi connectivity index (χ2v) is 12.1. The van der Waals surface area contributed by atoms with Crippen LogP contribution in [-0.4, -0.2) is 81.4 Å². The van der Waals surface area contributed by atoms with Crippen LogP contribution in [0.3, 0.4) is 0 Å². The zero-order valence-electron chi connectivity index (χ0n) is 24.8. The molecule has 3 heterocycles. The minimum atomic E-state index is -0.940. The molecule has 42 heavy (non-hydrogen) atoms. The van der Waals surface area contributed by atoms with Gasteiger partial charge in [0.15, 0.2) is 5.69 Å². The number of ether oxygens (including phenoxy) is 5. The molecule has 1 saturated heterocycles. The van der Waals surface area contributed by atoms with E-state index in [-0.39, 0.29) is 35.2 Å². The number of rotatable bonds is 5. The first kappa shape index (κ1) is 30.3. The number of aromatic nitrogens is 1. The van der Waals surface area contributed by atoms with Crippen LogP contribution >= 0.6 is 0 Å². The first-order valence-electron chi connectivity index (χ1n) is 14.4. The molecular weight excluding hydrogens is 546 g/mol. The van der Waals surface area contributed by atoms with Crippen LogP contribution in [0.4, 0.5) is 0 Å². The SMILES string of the molecule is C=C1O[C@H]([C@@H](C)O)[C@H](C)/C=C(\C)[C@]23O[C@@H]4C(C=C[C@@H]2C[C@@H]1OC)C3[C@H](O)[C@@H](C)[C@H]4OC(=O)c1ccc(OC(C)=O)n1O. The topological polar surface area (TPSA) is 146 Å². The van der Waals surface area contributed by atoms with Crippen LogP contribution in [-0.2, 0) is 23.7 Å². The van der Waals surface area contributed by atoms with Gasteiger partial charge < -0.3 is 39.1 Å². The van der Waals surface area contributed by atoms with E-state index in [1.807, 2.05) is 32.9 Å². The van der Waals surface area contributed by atoms with Gasteiger partial charge in [-0.25, -0.2) is 4.79 Å². The van der Waals surface area contributed by atoms with Crippen molar-refractivity contribution in [3.8, 4) is 5.88 Å². The van der Waals surface area contributed by atoms with E-state index >= 15 is 0 Å². The molecule has 1 spiro atoms. The van der Waals surface area contributed by atoms with Gasteiger partial charge in [0.2, 0.25) is 5.88 Å². The molecule has 1 aromatic rings. The summed E-state index contributed by atoms with van der Waals surface area (Å²) in [7, 11) is 1.58. The maximum Gasteiger partial charge on any atom is 0.358 e. The van der Waals surface area contributed by atoms with Crippen LogP contribution in [0.1, 0.15) is 51.5 Å². The number of aliphatic hydroxyl groups is 2. The van der Waals surface area contributed by atoms with Gasteiger partial charge in [-0.3, -0.25) is 4.79 Å². The Labute approximate surface area is 245 Å². The van der Waals surface area contributed by atoms with Crippen molar-refractivity contribution in [3.05, 3.63) is 54.0 Å². The Hall–Kier alpha value is -3.12. The second kappa shape index (κ2) is 11.2. The van der Waals surface area contributed by atoms with E-state index in [0.717, 1.165) is 5.57 Å². The molecule has 1 saturated carbocycles. The lowest BCUT2D eigenvalue weighted by Crippen LogP contribution is -2.57. The van der Waals surface area contributed by atoms with Crippen LogP contribution in [0, 0.1) is 29.6 Å². The highest BCUT2D eigenvalue weighted by molar-refractivity contribution is 5.88. The fourth-order valence-corrected chi connectivity index (χ4v) is 7.58. The number of carbonyl (C=O) groups is 2. The van der Waals surface area contributed by atoms with Crippen molar-refractivity contribution in [3.63, 3.8) is 0 Å². The molecule has 0 aromatic carbocycles. The third-order valence-electron chi connectivity index (χ3n) is 9.53. The largest absolute Gasteiger partial charge is 0.489 e. The maximum atomic E-state index is 13.3. The van der Waals surface area contributed by atoms with Gasteiger partial charge in [-0.2, -0.15) is 0 Å². The molecule has 1 aromatic heterocycles. The second-order valence-electron chi connectivity index (χ2n) is 12.1. The van der Waals surface area contributed by atoms with Gasteiger partial charge in [-0.05, 0) is 31.9 Å². The highest BCUT2D eigenvalue weighted by Crippen LogP contribution is 2.61. The molecule has 230 valence electrons. The molecule has 11 nitrogen and oxygen atoms in total. The van der Waals surface area contributed by atoms with Crippen molar-refractivity contribution in [2.75, 3.05) is 7.11 Å². The third-order valence-corrected chi connectivity index (χ3v) is 9.53. The predicted molar refractivity (Wildman–Crippen MR) is 149 cm³/mol. The Balaban J connectivity index is 1.52. The molecule has 3 N–H and O–H groups in total. The monoisotopic (exact) mass is 587 g/mol. The summed E-state index contributed by atoms with van der Waals surface area (Å²) in [4.78, 5) is 24.6. The van der Waals surface area contributed by atoms with Crippen molar-refractivity contribution in [2.24, 2.45) is 29.6 Å². The summed E-state index contributed by atoms with van der Waals surface area (Å²) in [6.07, 6.45) is 2.44. The zero-order valence-corrected chi connectivity index (χ0v) is 24.8. The maximum absolute atomic E-state index is 13.3. The van der Waals surface area contributed by atoms with E-state index in [1.54, 1.807) is 14.0 Å². The summed E-state index contributed by atoms with van der Waals surface area (Å²) >= 11 is 0. The van der Waals surface area contributed by atoms with E-state index in [9.17, 15) is 25.0 Å². The predicted octanol–water partition coefficient (Wildman–Crippen LogP) is 3.02. The van der Waals surface area contributed by atoms with E-state index in [0.29, 0.717) is 16.9 Å². The molecule has 5 rings (SSSR count). The fraction of sp³-hybridized carbons (Fsp3) is 0.613. The Morgan fingerprint density at radius 2 is 1.95 bits per heavy atom. The number of nitrogens with zero attached hydrogens (tertiary/aromatic N) is 1. The van der Waals surface area contributed by atoms with Crippen molar-refractivity contribution in [1.29, 1.82) is 0 Å². The van der Waals surface area contributed by atoms with Crippen LogP contribution < -0.4 is 4.74 Å². The number of aliphatic hydroxyl groups excluding tert-OH is 2. The van der Waals surface area contributed by atoms with Crippen molar-refractivity contribution in [1.82, 2.24) is 4.73 Å². The number of esters is 2. The van der Waals surface area contributed by atoms with E-state index in [1.165, 1.54) is 19.1 Å². The summed E-state index contributed by atoms with van der Waals surface area (Å²) in [6.45, 7) is 12.7. The minimum absolute atomic E-state index is 0.214. The smallest absolute Gasteiger partial charge is 0.358 e.